The molecule has 5 rings (SSSR count). The van der Waals surface area contributed by atoms with Gasteiger partial charge in [-0.3, -0.25) is 0 Å². The van der Waals surface area contributed by atoms with E-state index in [1.165, 1.54) is 0 Å². The first-order chi connectivity index (χ1) is 16.5. The van der Waals surface area contributed by atoms with E-state index in [1.54, 1.807) is 24.9 Å². The molecule has 2 heterocycles. The summed E-state index contributed by atoms with van der Waals surface area (Å²) < 4.78 is 13.0. The van der Waals surface area contributed by atoms with Crippen molar-refractivity contribution in [1.82, 2.24) is 14.8 Å². The number of nitrogens with zero attached hydrogens (tertiary/aromatic N) is 3. The van der Waals surface area contributed by atoms with E-state index in [9.17, 15) is 4.79 Å². The van der Waals surface area contributed by atoms with E-state index >= 15 is 0 Å². The average Bonchev–Trinajstić information content (AvgIpc) is 3.23. The zero-order valence-electron chi connectivity index (χ0n) is 19.3. The van der Waals surface area contributed by atoms with Crippen LogP contribution in [0, 0.1) is 5.92 Å². The quantitative estimate of drug-likeness (QED) is 0.161. The van der Waals surface area contributed by atoms with Gasteiger partial charge in [-0.2, -0.15) is 0 Å². The molecule has 0 atom stereocenters. The molecule has 0 N–H and O–H groups in total. The monoisotopic (exact) mass is 471 g/mol. The fraction of sp³-hybridized carbons (Fsp3) is 0.222. The Kier molecular flexibility index (Phi) is 6.11. The van der Waals surface area contributed by atoms with Crippen LogP contribution in [-0.2, 0) is 12.3 Å². The highest BCUT2D eigenvalue weighted by atomic mass is 32.2. The molecule has 0 spiro atoms. The first kappa shape index (κ1) is 22.2. The second-order valence-corrected chi connectivity index (χ2v) is 9.52. The number of ether oxygens (including phenoxy) is 1. The molecule has 5 aromatic rings. The van der Waals surface area contributed by atoms with Gasteiger partial charge >= 0.3 is 5.63 Å². The fourth-order valence-corrected chi connectivity index (χ4v) is 5.08. The summed E-state index contributed by atoms with van der Waals surface area (Å²) in [4.78, 5) is 12.3. The maximum atomic E-state index is 12.3. The summed E-state index contributed by atoms with van der Waals surface area (Å²) in [6.45, 7) is 5.14. The van der Waals surface area contributed by atoms with Crippen LogP contribution in [0.15, 0.2) is 81.1 Å². The summed E-state index contributed by atoms with van der Waals surface area (Å²) >= 11 is 1.58. The second-order valence-electron chi connectivity index (χ2n) is 8.58. The Bertz CT molecular complexity index is 1520. The lowest BCUT2D eigenvalue weighted by Gasteiger charge is -2.13. The van der Waals surface area contributed by atoms with Crippen molar-refractivity contribution in [3.8, 4) is 17.1 Å². The van der Waals surface area contributed by atoms with Crippen molar-refractivity contribution in [3.63, 3.8) is 0 Å². The largest absolute Gasteiger partial charge is 0.497 e. The van der Waals surface area contributed by atoms with Crippen molar-refractivity contribution in [2.24, 2.45) is 5.92 Å². The van der Waals surface area contributed by atoms with Crippen LogP contribution in [0.5, 0.6) is 5.75 Å². The molecule has 0 radical (unpaired) electrons. The highest BCUT2D eigenvalue weighted by Gasteiger charge is 2.17. The highest BCUT2D eigenvalue weighted by molar-refractivity contribution is 7.98. The summed E-state index contributed by atoms with van der Waals surface area (Å²) in [5, 5.41) is 13.0. The maximum absolute atomic E-state index is 12.3. The van der Waals surface area contributed by atoms with Gasteiger partial charge in [0, 0.05) is 29.3 Å². The molecule has 0 saturated heterocycles. The molecule has 6 nitrogen and oxygen atoms in total. The van der Waals surface area contributed by atoms with E-state index < -0.39 is 0 Å². The zero-order valence-corrected chi connectivity index (χ0v) is 20.1. The number of thioether (sulfide) groups is 1. The number of fused-ring (bicyclic) bond motifs is 3. The molecular weight excluding hydrogens is 446 g/mol. The van der Waals surface area contributed by atoms with Crippen molar-refractivity contribution >= 4 is 33.5 Å². The topological polar surface area (TPSA) is 70.2 Å². The molecule has 7 heteroatoms. The van der Waals surface area contributed by atoms with Crippen LogP contribution < -0.4 is 10.4 Å². The summed E-state index contributed by atoms with van der Waals surface area (Å²) in [5.74, 6) is 2.62. The van der Waals surface area contributed by atoms with Crippen molar-refractivity contribution in [2.75, 3.05) is 7.11 Å². The molecule has 2 aromatic heterocycles. The van der Waals surface area contributed by atoms with Gasteiger partial charge in [0.25, 0.3) is 0 Å². The number of aromatic nitrogens is 3. The Morgan fingerprint density at radius 3 is 2.59 bits per heavy atom. The molecule has 0 fully saturated rings. The lowest BCUT2D eigenvalue weighted by Crippen LogP contribution is -2.08. The Balaban J connectivity index is 1.53. The molecule has 0 bridgehead atoms. The minimum Gasteiger partial charge on any atom is -0.497 e. The van der Waals surface area contributed by atoms with Gasteiger partial charge in [-0.05, 0) is 52.6 Å². The first-order valence-corrected chi connectivity index (χ1v) is 12.2. The number of rotatable bonds is 7. The van der Waals surface area contributed by atoms with Crippen LogP contribution in [0.1, 0.15) is 19.4 Å². The SMILES string of the molecule is COc1ccc(-c2nnc(SCc3cc(=O)oc4ccc5ccccc5c34)n2CC(C)C)cc1. The molecule has 0 aliphatic carbocycles. The third-order valence-corrected chi connectivity index (χ3v) is 6.70. The molecular formula is C27H25N3O3S. The Morgan fingerprint density at radius 2 is 1.82 bits per heavy atom. The molecule has 34 heavy (non-hydrogen) atoms. The van der Waals surface area contributed by atoms with Crippen LogP contribution in [0.2, 0.25) is 0 Å². The van der Waals surface area contributed by atoms with Crippen LogP contribution in [-0.4, -0.2) is 21.9 Å². The van der Waals surface area contributed by atoms with Gasteiger partial charge in [-0.25, -0.2) is 4.79 Å². The van der Waals surface area contributed by atoms with Gasteiger partial charge < -0.3 is 13.7 Å². The Morgan fingerprint density at radius 1 is 1.03 bits per heavy atom. The van der Waals surface area contributed by atoms with E-state index in [2.05, 4.69) is 40.7 Å². The van der Waals surface area contributed by atoms with Crippen molar-refractivity contribution in [2.45, 2.75) is 31.3 Å². The average molecular weight is 472 g/mol. The summed E-state index contributed by atoms with van der Waals surface area (Å²) in [6, 6.07) is 21.4. The molecule has 3 aromatic carbocycles. The lowest BCUT2D eigenvalue weighted by atomic mass is 10.0. The number of hydrogen-bond acceptors (Lipinski definition) is 6. The molecule has 0 saturated carbocycles. The van der Waals surface area contributed by atoms with Gasteiger partial charge in [0.2, 0.25) is 0 Å². The number of methoxy groups -OCH3 is 1. The minimum absolute atomic E-state index is 0.346. The van der Waals surface area contributed by atoms with Gasteiger partial charge in [-0.1, -0.05) is 55.9 Å². The smallest absolute Gasteiger partial charge is 0.336 e. The Labute approximate surface area is 201 Å². The summed E-state index contributed by atoms with van der Waals surface area (Å²) in [7, 11) is 1.65. The second kappa shape index (κ2) is 9.35. The van der Waals surface area contributed by atoms with Crippen molar-refractivity contribution in [3.05, 3.63) is 82.7 Å². The van der Waals surface area contributed by atoms with Crippen LogP contribution in [0.25, 0.3) is 33.1 Å². The van der Waals surface area contributed by atoms with E-state index in [1.807, 2.05) is 48.5 Å². The first-order valence-electron chi connectivity index (χ1n) is 11.2. The molecule has 0 unspecified atom stereocenters. The number of benzene rings is 3. The van der Waals surface area contributed by atoms with Gasteiger partial charge in [0.1, 0.15) is 11.3 Å². The van der Waals surface area contributed by atoms with Crippen LogP contribution in [0.4, 0.5) is 0 Å². The predicted octanol–water partition coefficient (Wildman–Crippen LogP) is 6.16. The lowest BCUT2D eigenvalue weighted by molar-refractivity contribution is 0.415. The van der Waals surface area contributed by atoms with E-state index in [-0.39, 0.29) is 5.63 Å². The Hall–Kier alpha value is -3.58. The van der Waals surface area contributed by atoms with E-state index in [0.717, 1.165) is 50.6 Å². The standard InChI is InChI=1S/C27H25N3O3S/c1-17(2)15-30-26(19-8-11-21(32-3)12-9-19)28-29-27(30)34-16-20-14-24(31)33-23-13-10-18-6-4-5-7-22(18)25(20)23/h4-14,17H,15-16H2,1-3H3. The highest BCUT2D eigenvalue weighted by Crippen LogP contribution is 2.33. The normalized spacial score (nSPS) is 11.5. The zero-order chi connectivity index (χ0) is 23.7. The molecule has 172 valence electrons. The fourth-order valence-electron chi connectivity index (χ4n) is 4.16. The van der Waals surface area contributed by atoms with Gasteiger partial charge in [-0.15, -0.1) is 10.2 Å². The van der Waals surface area contributed by atoms with Crippen molar-refractivity contribution < 1.29 is 9.15 Å². The van der Waals surface area contributed by atoms with E-state index in [0.29, 0.717) is 17.3 Å². The third-order valence-electron chi connectivity index (χ3n) is 5.68. The van der Waals surface area contributed by atoms with Crippen molar-refractivity contribution in [1.29, 1.82) is 0 Å². The summed E-state index contributed by atoms with van der Waals surface area (Å²) in [5.41, 5.74) is 2.17. The minimum atomic E-state index is -0.346. The van der Waals surface area contributed by atoms with Gasteiger partial charge in [0.05, 0.1) is 7.11 Å². The molecule has 0 amide bonds. The van der Waals surface area contributed by atoms with E-state index in [4.69, 9.17) is 9.15 Å². The van der Waals surface area contributed by atoms with Crippen LogP contribution in [0.3, 0.4) is 0 Å². The molecule has 0 aliphatic heterocycles. The van der Waals surface area contributed by atoms with Crippen LogP contribution >= 0.6 is 11.8 Å². The molecule has 0 aliphatic rings. The number of hydrogen-bond donors (Lipinski definition) is 0. The summed E-state index contributed by atoms with van der Waals surface area (Å²) in [6.07, 6.45) is 0. The third kappa shape index (κ3) is 4.31. The van der Waals surface area contributed by atoms with Gasteiger partial charge in [0.15, 0.2) is 11.0 Å². The predicted molar refractivity (Wildman–Crippen MR) is 136 cm³/mol. The maximum Gasteiger partial charge on any atom is 0.336 e.